The average molecular weight is 325 g/mol. The SMILES string of the molecule is CCC(CC)Nc1c([N+](=O)[O-])cc(C)c(C(C)OC)c1[N+](=O)[O-]. The van der Waals surface area contributed by atoms with Crippen LogP contribution in [-0.2, 0) is 4.74 Å². The van der Waals surface area contributed by atoms with E-state index in [1.54, 1.807) is 13.8 Å². The molecule has 1 unspecified atom stereocenters. The van der Waals surface area contributed by atoms with E-state index in [1.807, 2.05) is 13.8 Å². The second-order valence-corrected chi connectivity index (χ2v) is 5.40. The number of anilines is 1. The summed E-state index contributed by atoms with van der Waals surface area (Å²) < 4.78 is 5.22. The molecule has 8 nitrogen and oxygen atoms in total. The molecule has 0 bridgehead atoms. The maximum atomic E-state index is 11.6. The topological polar surface area (TPSA) is 108 Å². The predicted molar refractivity (Wildman–Crippen MR) is 87.9 cm³/mol. The molecule has 0 saturated carbocycles. The van der Waals surface area contributed by atoms with E-state index >= 15 is 0 Å². The minimum Gasteiger partial charge on any atom is -0.377 e. The molecule has 0 aliphatic heterocycles. The first-order chi connectivity index (χ1) is 10.8. The number of nitro groups is 2. The lowest BCUT2D eigenvalue weighted by Gasteiger charge is -2.20. The molecule has 0 radical (unpaired) electrons. The zero-order valence-corrected chi connectivity index (χ0v) is 14.1. The number of methoxy groups -OCH3 is 1. The van der Waals surface area contributed by atoms with E-state index in [-0.39, 0.29) is 23.1 Å². The van der Waals surface area contributed by atoms with Crippen molar-refractivity contribution in [1.82, 2.24) is 0 Å². The molecule has 1 N–H and O–H groups in total. The standard InChI is InChI=1S/C15H23N3O5/c1-6-11(7-2)16-14-12(17(19)20)8-9(3)13(10(4)23-5)15(14)18(21)22/h8,10-11,16H,6-7H2,1-5H3. The molecule has 1 atom stereocenters. The van der Waals surface area contributed by atoms with Gasteiger partial charge in [0.05, 0.1) is 21.5 Å². The van der Waals surface area contributed by atoms with E-state index < -0.39 is 16.0 Å². The Morgan fingerprint density at radius 2 is 1.78 bits per heavy atom. The highest BCUT2D eigenvalue weighted by Gasteiger charge is 2.34. The van der Waals surface area contributed by atoms with Crippen molar-refractivity contribution in [2.75, 3.05) is 12.4 Å². The molecule has 128 valence electrons. The van der Waals surface area contributed by atoms with Gasteiger partial charge in [0.25, 0.3) is 5.69 Å². The number of nitrogens with one attached hydrogen (secondary N) is 1. The van der Waals surface area contributed by atoms with Crippen molar-refractivity contribution in [2.24, 2.45) is 0 Å². The van der Waals surface area contributed by atoms with Crippen molar-refractivity contribution in [2.45, 2.75) is 52.7 Å². The molecule has 1 aromatic carbocycles. The first kappa shape index (κ1) is 18.8. The third-order valence-electron chi connectivity index (χ3n) is 4.00. The first-order valence-electron chi connectivity index (χ1n) is 7.53. The molecule has 0 spiro atoms. The van der Waals surface area contributed by atoms with Gasteiger partial charge in [0.15, 0.2) is 5.69 Å². The van der Waals surface area contributed by atoms with Gasteiger partial charge >= 0.3 is 5.69 Å². The number of benzene rings is 1. The highest BCUT2D eigenvalue weighted by molar-refractivity contribution is 5.78. The zero-order chi connectivity index (χ0) is 17.7. The van der Waals surface area contributed by atoms with Gasteiger partial charge in [0.2, 0.25) is 0 Å². The maximum Gasteiger partial charge on any atom is 0.305 e. The van der Waals surface area contributed by atoms with E-state index in [4.69, 9.17) is 4.74 Å². The molecule has 23 heavy (non-hydrogen) atoms. The van der Waals surface area contributed by atoms with Crippen molar-refractivity contribution < 1.29 is 14.6 Å². The fourth-order valence-electron chi connectivity index (χ4n) is 2.60. The fraction of sp³-hybridized carbons (Fsp3) is 0.600. The monoisotopic (exact) mass is 325 g/mol. The lowest BCUT2D eigenvalue weighted by molar-refractivity contribution is -0.393. The van der Waals surface area contributed by atoms with Crippen LogP contribution in [0.15, 0.2) is 6.07 Å². The lowest BCUT2D eigenvalue weighted by atomic mass is 9.98. The summed E-state index contributed by atoms with van der Waals surface area (Å²) in [5, 5.41) is 26.0. The molecular weight excluding hydrogens is 302 g/mol. The molecule has 1 rings (SSSR count). The Bertz CT molecular complexity index is 599. The second-order valence-electron chi connectivity index (χ2n) is 5.40. The Hall–Kier alpha value is -2.22. The van der Waals surface area contributed by atoms with Crippen molar-refractivity contribution in [3.05, 3.63) is 37.4 Å². The number of ether oxygens (including phenoxy) is 1. The van der Waals surface area contributed by atoms with Gasteiger partial charge in [0.1, 0.15) is 0 Å². The molecule has 0 aliphatic rings. The summed E-state index contributed by atoms with van der Waals surface area (Å²) in [6.07, 6.45) is 0.861. The first-order valence-corrected chi connectivity index (χ1v) is 7.53. The molecule has 1 aromatic rings. The van der Waals surface area contributed by atoms with Crippen LogP contribution in [0, 0.1) is 27.2 Å². The predicted octanol–water partition coefficient (Wildman–Crippen LogP) is 4.12. The van der Waals surface area contributed by atoms with Crippen LogP contribution in [0.2, 0.25) is 0 Å². The van der Waals surface area contributed by atoms with Gasteiger partial charge in [-0.05, 0) is 32.3 Å². The summed E-state index contributed by atoms with van der Waals surface area (Å²) in [6, 6.07) is 1.28. The number of hydrogen-bond acceptors (Lipinski definition) is 6. The van der Waals surface area contributed by atoms with Crippen molar-refractivity contribution >= 4 is 17.1 Å². The number of aryl methyl sites for hydroxylation is 1. The molecule has 0 aliphatic carbocycles. The van der Waals surface area contributed by atoms with E-state index in [2.05, 4.69) is 5.32 Å². The van der Waals surface area contributed by atoms with Crippen molar-refractivity contribution in [1.29, 1.82) is 0 Å². The van der Waals surface area contributed by atoms with Gasteiger partial charge in [-0.15, -0.1) is 0 Å². The van der Waals surface area contributed by atoms with Crippen LogP contribution in [0.3, 0.4) is 0 Å². The molecular formula is C15H23N3O5. The van der Waals surface area contributed by atoms with Crippen LogP contribution < -0.4 is 5.32 Å². The zero-order valence-electron chi connectivity index (χ0n) is 14.1. The highest BCUT2D eigenvalue weighted by atomic mass is 16.6. The lowest BCUT2D eigenvalue weighted by Crippen LogP contribution is -2.20. The summed E-state index contributed by atoms with van der Waals surface area (Å²) in [6.45, 7) is 7.14. The summed E-state index contributed by atoms with van der Waals surface area (Å²) in [5.41, 5.74) is 0.216. The van der Waals surface area contributed by atoms with Gasteiger partial charge in [-0.25, -0.2) is 0 Å². The fourth-order valence-corrected chi connectivity index (χ4v) is 2.60. The van der Waals surface area contributed by atoms with Crippen LogP contribution in [0.25, 0.3) is 0 Å². The van der Waals surface area contributed by atoms with E-state index in [1.165, 1.54) is 13.2 Å². The summed E-state index contributed by atoms with van der Waals surface area (Å²) >= 11 is 0. The Morgan fingerprint density at radius 3 is 2.17 bits per heavy atom. The Morgan fingerprint density at radius 1 is 1.22 bits per heavy atom. The molecule has 0 heterocycles. The van der Waals surface area contributed by atoms with Crippen LogP contribution >= 0.6 is 0 Å². The normalized spacial score (nSPS) is 12.3. The Labute approximate surface area is 135 Å². The van der Waals surface area contributed by atoms with Crippen LogP contribution in [-0.4, -0.2) is 23.0 Å². The van der Waals surface area contributed by atoms with Crippen molar-refractivity contribution in [3.8, 4) is 0 Å². The number of nitrogens with zero attached hydrogens (tertiary/aromatic N) is 2. The number of hydrogen-bond donors (Lipinski definition) is 1. The summed E-state index contributed by atoms with van der Waals surface area (Å²) in [4.78, 5) is 21.8. The van der Waals surface area contributed by atoms with Crippen LogP contribution in [0.4, 0.5) is 17.1 Å². The highest BCUT2D eigenvalue weighted by Crippen LogP contribution is 2.43. The van der Waals surface area contributed by atoms with Crippen LogP contribution in [0.1, 0.15) is 50.8 Å². The van der Waals surface area contributed by atoms with Gasteiger partial charge in [-0.2, -0.15) is 0 Å². The third-order valence-corrected chi connectivity index (χ3v) is 4.00. The largest absolute Gasteiger partial charge is 0.377 e. The minimum atomic E-state index is -0.591. The maximum absolute atomic E-state index is 11.6. The number of nitro benzene ring substituents is 2. The van der Waals surface area contributed by atoms with Crippen molar-refractivity contribution in [3.63, 3.8) is 0 Å². The van der Waals surface area contributed by atoms with Gasteiger partial charge in [0, 0.05) is 19.2 Å². The molecule has 0 saturated heterocycles. The second kappa shape index (κ2) is 7.87. The summed E-state index contributed by atoms with van der Waals surface area (Å²) in [7, 11) is 1.45. The smallest absolute Gasteiger partial charge is 0.305 e. The van der Waals surface area contributed by atoms with Gasteiger partial charge < -0.3 is 10.1 Å². The quantitative estimate of drug-likeness (QED) is 0.569. The van der Waals surface area contributed by atoms with Gasteiger partial charge in [-0.1, -0.05) is 13.8 Å². The van der Waals surface area contributed by atoms with Crippen LogP contribution in [0.5, 0.6) is 0 Å². The van der Waals surface area contributed by atoms with E-state index in [0.717, 1.165) is 0 Å². The minimum absolute atomic E-state index is 0.0433. The molecule has 8 heteroatoms. The Kier molecular flexibility index (Phi) is 6.44. The number of rotatable bonds is 8. The Balaban J connectivity index is 3.71. The third kappa shape index (κ3) is 3.95. The van der Waals surface area contributed by atoms with Gasteiger partial charge in [-0.3, -0.25) is 20.2 Å². The molecule has 0 aromatic heterocycles. The average Bonchev–Trinajstić information content (AvgIpc) is 2.51. The van der Waals surface area contributed by atoms with E-state index in [9.17, 15) is 20.2 Å². The van der Waals surface area contributed by atoms with E-state index in [0.29, 0.717) is 24.0 Å². The molecule has 0 fully saturated rings. The summed E-state index contributed by atoms with van der Waals surface area (Å²) in [5.74, 6) is 0. The molecule has 0 amide bonds.